The van der Waals surface area contributed by atoms with Gasteiger partial charge in [0.15, 0.2) is 0 Å². The molecule has 6 N–H and O–H groups in total. The molecule has 0 unspecified atom stereocenters. The summed E-state index contributed by atoms with van der Waals surface area (Å²) >= 11 is 0. The summed E-state index contributed by atoms with van der Waals surface area (Å²) in [5.41, 5.74) is 5.39. The van der Waals surface area contributed by atoms with E-state index in [9.17, 15) is 20.1 Å². The highest BCUT2D eigenvalue weighted by molar-refractivity contribution is 5.75. The quantitative estimate of drug-likeness (QED) is 0.426. The Morgan fingerprint density at radius 1 is 1.09 bits per heavy atom. The van der Waals surface area contributed by atoms with Crippen molar-refractivity contribution in [1.82, 2.24) is 5.32 Å². The van der Waals surface area contributed by atoms with Gasteiger partial charge in [0.2, 0.25) is 5.91 Å². The molecule has 0 radical (unpaired) electrons. The van der Waals surface area contributed by atoms with Crippen molar-refractivity contribution in [2.24, 2.45) is 52.1 Å². The van der Waals surface area contributed by atoms with Gasteiger partial charge >= 0.3 is 0 Å². The van der Waals surface area contributed by atoms with Crippen LogP contribution in [-0.4, -0.2) is 52.6 Å². The van der Waals surface area contributed by atoms with E-state index in [0.29, 0.717) is 49.1 Å². The third kappa shape index (κ3) is 3.93. The average molecular weight is 451 g/mol. The van der Waals surface area contributed by atoms with Crippen LogP contribution in [0.2, 0.25) is 0 Å². The third-order valence-corrected chi connectivity index (χ3v) is 10.8. The molecular weight excluding hydrogens is 404 g/mol. The molecule has 4 rings (SSSR count). The normalized spacial score (nSPS) is 49.0. The maximum atomic E-state index is 12.1. The lowest BCUT2D eigenvalue weighted by atomic mass is 9.43. The van der Waals surface area contributed by atoms with Crippen LogP contribution in [-0.2, 0) is 4.79 Å². The number of nitrogens with two attached hydrogens (primary N) is 1. The maximum absolute atomic E-state index is 12.1. The van der Waals surface area contributed by atoms with Crippen molar-refractivity contribution in [3.8, 4) is 0 Å². The molecule has 6 nitrogen and oxygen atoms in total. The first-order valence-electron chi connectivity index (χ1n) is 13.1. The van der Waals surface area contributed by atoms with Crippen molar-refractivity contribution in [2.75, 3.05) is 13.1 Å². The number of amides is 1. The van der Waals surface area contributed by atoms with E-state index in [1.807, 2.05) is 0 Å². The van der Waals surface area contributed by atoms with Gasteiger partial charge in [0.05, 0.1) is 18.3 Å². The molecule has 1 amide bonds. The molecule has 11 atom stereocenters. The number of carbonyl (C=O) groups is 1. The summed E-state index contributed by atoms with van der Waals surface area (Å²) in [6.07, 6.45) is 6.70. The highest BCUT2D eigenvalue weighted by Gasteiger charge is 2.65. The first kappa shape index (κ1) is 24.4. The molecule has 0 bridgehead atoms. The molecular formula is C26H46N2O4. The first-order valence-corrected chi connectivity index (χ1v) is 13.1. The molecule has 6 heteroatoms. The number of nitrogens with one attached hydrogen (secondary N) is 1. The summed E-state index contributed by atoms with van der Waals surface area (Å²) in [5.74, 6) is 2.03. The lowest BCUT2D eigenvalue weighted by Crippen LogP contribution is -2.62. The lowest BCUT2D eigenvalue weighted by Gasteiger charge is -2.63. The lowest BCUT2D eigenvalue weighted by molar-refractivity contribution is -0.207. The first-order chi connectivity index (χ1) is 15.1. The minimum Gasteiger partial charge on any atom is -0.393 e. The molecule has 0 aromatic heterocycles. The minimum atomic E-state index is -0.371. The van der Waals surface area contributed by atoms with Crippen LogP contribution in [0.15, 0.2) is 0 Å². The van der Waals surface area contributed by atoms with Crippen molar-refractivity contribution in [1.29, 1.82) is 0 Å². The van der Waals surface area contributed by atoms with E-state index in [4.69, 9.17) is 5.73 Å². The van der Waals surface area contributed by atoms with Crippen molar-refractivity contribution >= 4 is 5.91 Å². The van der Waals surface area contributed by atoms with Crippen molar-refractivity contribution in [3.05, 3.63) is 0 Å². The fourth-order valence-electron chi connectivity index (χ4n) is 8.99. The number of hydrogen-bond donors (Lipinski definition) is 5. The molecule has 0 aliphatic heterocycles. The molecule has 32 heavy (non-hydrogen) atoms. The van der Waals surface area contributed by atoms with Gasteiger partial charge in [0, 0.05) is 19.5 Å². The Morgan fingerprint density at radius 3 is 2.56 bits per heavy atom. The SMILES string of the molecule is C[C@H](CCC(=O)NCCN)[C@H]1CC[C@H]2[C@@H]3[C@H](O)C[C@@H]4C[C@H](O)CC[C@]4(C)[C@H]3C[C@H](O)[C@]12C. The van der Waals surface area contributed by atoms with Gasteiger partial charge in [0.1, 0.15) is 0 Å². The van der Waals surface area contributed by atoms with E-state index in [1.165, 1.54) is 0 Å². The standard InChI is InChI=1S/C26H46N2O4/c1-15(4-7-23(32)28-11-10-27)18-5-6-19-24-20(14-22(31)26(18,19)3)25(2)9-8-17(29)12-16(25)13-21(24)30/h15-22,24,29-31H,4-14,27H2,1-3H3,(H,28,32)/t15-,16+,17-,18-,19+,20+,21-,22+,24+,25+,26-/m1/s1. The van der Waals surface area contributed by atoms with Crippen LogP contribution in [0.3, 0.4) is 0 Å². The van der Waals surface area contributed by atoms with Gasteiger partial charge < -0.3 is 26.4 Å². The van der Waals surface area contributed by atoms with Crippen molar-refractivity contribution in [2.45, 2.75) is 96.9 Å². The van der Waals surface area contributed by atoms with E-state index in [0.717, 1.165) is 51.4 Å². The maximum Gasteiger partial charge on any atom is 0.220 e. The Kier molecular flexibility index (Phi) is 7.00. The van der Waals surface area contributed by atoms with Crippen molar-refractivity contribution in [3.63, 3.8) is 0 Å². The Bertz CT molecular complexity index is 689. The second-order valence-corrected chi connectivity index (χ2v) is 12.2. The van der Waals surface area contributed by atoms with Gasteiger partial charge in [-0.3, -0.25) is 4.79 Å². The second-order valence-electron chi connectivity index (χ2n) is 12.2. The molecule has 4 aliphatic rings. The molecule has 4 fully saturated rings. The molecule has 0 heterocycles. The van der Waals surface area contributed by atoms with Crippen LogP contribution >= 0.6 is 0 Å². The number of aliphatic hydroxyl groups excluding tert-OH is 3. The van der Waals surface area contributed by atoms with Crippen molar-refractivity contribution < 1.29 is 20.1 Å². The number of hydrogen-bond acceptors (Lipinski definition) is 5. The topological polar surface area (TPSA) is 116 Å². The van der Waals surface area contributed by atoms with E-state index >= 15 is 0 Å². The molecule has 184 valence electrons. The summed E-state index contributed by atoms with van der Waals surface area (Å²) in [4.78, 5) is 12.1. The Balaban J connectivity index is 1.51. The van der Waals surface area contributed by atoms with Crippen LogP contribution in [0.25, 0.3) is 0 Å². The largest absolute Gasteiger partial charge is 0.393 e. The van der Waals surface area contributed by atoms with E-state index < -0.39 is 0 Å². The smallest absolute Gasteiger partial charge is 0.220 e. The molecule has 4 aliphatic carbocycles. The fourth-order valence-corrected chi connectivity index (χ4v) is 8.99. The van der Waals surface area contributed by atoms with Gasteiger partial charge in [-0.05, 0) is 97.7 Å². The molecule has 0 saturated heterocycles. The highest BCUT2D eigenvalue weighted by Crippen LogP contribution is 2.68. The third-order valence-electron chi connectivity index (χ3n) is 10.8. The Morgan fingerprint density at radius 2 is 1.84 bits per heavy atom. The summed E-state index contributed by atoms with van der Waals surface area (Å²) in [5, 5.41) is 36.1. The number of fused-ring (bicyclic) bond motifs is 5. The van der Waals surface area contributed by atoms with Gasteiger partial charge in [-0.2, -0.15) is 0 Å². The van der Waals surface area contributed by atoms with Gasteiger partial charge in [-0.25, -0.2) is 0 Å². The van der Waals surface area contributed by atoms with Crippen LogP contribution in [0.1, 0.15) is 78.6 Å². The highest BCUT2D eigenvalue weighted by atomic mass is 16.3. The van der Waals surface area contributed by atoms with Crippen LogP contribution < -0.4 is 11.1 Å². The molecule has 0 spiro atoms. The number of rotatable bonds is 6. The Labute approximate surface area is 193 Å². The monoisotopic (exact) mass is 450 g/mol. The minimum absolute atomic E-state index is 0.0624. The predicted molar refractivity (Wildman–Crippen MR) is 124 cm³/mol. The Hall–Kier alpha value is -0.690. The van der Waals surface area contributed by atoms with Crippen LogP contribution in [0, 0.1) is 46.3 Å². The summed E-state index contributed by atoms with van der Waals surface area (Å²) < 4.78 is 0. The van der Waals surface area contributed by atoms with Crippen LogP contribution in [0.5, 0.6) is 0 Å². The molecule has 0 aromatic rings. The zero-order chi connectivity index (χ0) is 23.3. The van der Waals surface area contributed by atoms with Gasteiger partial charge in [-0.1, -0.05) is 20.8 Å². The van der Waals surface area contributed by atoms with E-state index in [2.05, 4.69) is 26.1 Å². The summed E-state index contributed by atoms with van der Waals surface area (Å²) in [6, 6.07) is 0. The number of aliphatic hydroxyl groups is 3. The van der Waals surface area contributed by atoms with E-state index in [-0.39, 0.29) is 41.0 Å². The second kappa shape index (κ2) is 9.16. The predicted octanol–water partition coefficient (Wildman–Crippen LogP) is 2.44. The van der Waals surface area contributed by atoms with Gasteiger partial charge in [-0.15, -0.1) is 0 Å². The zero-order valence-electron chi connectivity index (χ0n) is 20.3. The van der Waals surface area contributed by atoms with Crippen LogP contribution in [0.4, 0.5) is 0 Å². The molecule has 0 aromatic carbocycles. The molecule has 4 saturated carbocycles. The summed E-state index contributed by atoms with van der Waals surface area (Å²) in [7, 11) is 0. The van der Waals surface area contributed by atoms with E-state index in [1.54, 1.807) is 0 Å². The number of carbonyl (C=O) groups excluding carboxylic acids is 1. The zero-order valence-corrected chi connectivity index (χ0v) is 20.3. The fraction of sp³-hybridized carbons (Fsp3) is 0.962. The summed E-state index contributed by atoms with van der Waals surface area (Å²) in [6.45, 7) is 7.86. The van der Waals surface area contributed by atoms with Gasteiger partial charge in [0.25, 0.3) is 0 Å². The average Bonchev–Trinajstić information content (AvgIpc) is 3.11.